The Kier molecular flexibility index (Phi) is 5.11. The van der Waals surface area contributed by atoms with E-state index in [2.05, 4.69) is 24.3 Å². The zero-order chi connectivity index (χ0) is 16.9. The molecule has 0 unspecified atom stereocenters. The maximum atomic E-state index is 12.3. The molecule has 3 rings (SSSR count). The van der Waals surface area contributed by atoms with E-state index in [1.165, 1.54) is 5.56 Å². The Bertz CT molecular complexity index is 744. The molecule has 0 amide bonds. The largest absolute Gasteiger partial charge is 0.497 e. The minimum atomic E-state index is 0.185. The van der Waals surface area contributed by atoms with Gasteiger partial charge in [0.2, 0.25) is 0 Å². The standard InChI is InChI=1S/C21H22O3/c1-23-14-16-5-3-4-6-21(16)18-11-17(12-19(22)13-18)15-7-9-20(24-2)10-8-15/h3-10,13,17H,11-12,14H2,1-2H3/t17-/m1/s1. The number of carbonyl (C=O) groups is 1. The predicted octanol–water partition coefficient (Wildman–Crippen LogP) is 4.37. The molecule has 24 heavy (non-hydrogen) atoms. The summed E-state index contributed by atoms with van der Waals surface area (Å²) < 4.78 is 10.5. The molecule has 2 aromatic carbocycles. The van der Waals surface area contributed by atoms with Gasteiger partial charge in [0.15, 0.2) is 5.78 Å². The normalized spacial score (nSPS) is 17.5. The molecule has 0 N–H and O–H groups in total. The van der Waals surface area contributed by atoms with Crippen LogP contribution in [0.2, 0.25) is 0 Å². The Morgan fingerprint density at radius 2 is 1.75 bits per heavy atom. The van der Waals surface area contributed by atoms with Crippen LogP contribution in [0.3, 0.4) is 0 Å². The molecular weight excluding hydrogens is 300 g/mol. The molecule has 124 valence electrons. The van der Waals surface area contributed by atoms with Gasteiger partial charge in [0.1, 0.15) is 5.75 Å². The molecule has 0 saturated carbocycles. The summed E-state index contributed by atoms with van der Waals surface area (Å²) in [5.74, 6) is 1.23. The lowest BCUT2D eigenvalue weighted by Gasteiger charge is -2.24. The molecule has 2 aromatic rings. The number of rotatable bonds is 5. The minimum absolute atomic E-state index is 0.185. The van der Waals surface area contributed by atoms with E-state index >= 15 is 0 Å². The van der Waals surface area contributed by atoms with E-state index in [0.29, 0.717) is 13.0 Å². The van der Waals surface area contributed by atoms with Gasteiger partial charge in [0, 0.05) is 13.5 Å². The SMILES string of the molecule is COCc1ccccc1C1=CC(=O)C[C@H](c2ccc(OC)cc2)C1. The van der Waals surface area contributed by atoms with Gasteiger partial charge in [-0.25, -0.2) is 0 Å². The van der Waals surface area contributed by atoms with Crippen molar-refractivity contribution in [3.8, 4) is 5.75 Å². The van der Waals surface area contributed by atoms with Crippen LogP contribution < -0.4 is 4.74 Å². The van der Waals surface area contributed by atoms with Crippen molar-refractivity contribution in [3.05, 3.63) is 71.3 Å². The number of allylic oxidation sites excluding steroid dienone is 2. The summed E-state index contributed by atoms with van der Waals surface area (Å²) in [4.78, 5) is 12.3. The van der Waals surface area contributed by atoms with Crippen LogP contribution in [0.15, 0.2) is 54.6 Å². The molecule has 1 aliphatic rings. The van der Waals surface area contributed by atoms with Crippen molar-refractivity contribution in [1.82, 2.24) is 0 Å². The first-order valence-electron chi connectivity index (χ1n) is 8.16. The number of hydrogen-bond acceptors (Lipinski definition) is 3. The quantitative estimate of drug-likeness (QED) is 0.820. The molecule has 3 heteroatoms. The number of ether oxygens (including phenoxy) is 2. The van der Waals surface area contributed by atoms with E-state index in [1.54, 1.807) is 20.3 Å². The molecule has 0 spiro atoms. The van der Waals surface area contributed by atoms with Crippen LogP contribution in [-0.4, -0.2) is 20.0 Å². The predicted molar refractivity (Wildman–Crippen MR) is 95.1 cm³/mol. The first-order valence-corrected chi connectivity index (χ1v) is 8.16. The van der Waals surface area contributed by atoms with Gasteiger partial charge < -0.3 is 9.47 Å². The van der Waals surface area contributed by atoms with E-state index < -0.39 is 0 Å². The number of methoxy groups -OCH3 is 2. The van der Waals surface area contributed by atoms with Gasteiger partial charge in [0.25, 0.3) is 0 Å². The first-order chi connectivity index (χ1) is 11.7. The second-order valence-corrected chi connectivity index (χ2v) is 6.10. The van der Waals surface area contributed by atoms with Crippen molar-refractivity contribution in [2.75, 3.05) is 14.2 Å². The highest BCUT2D eigenvalue weighted by molar-refractivity contribution is 5.99. The highest BCUT2D eigenvalue weighted by Gasteiger charge is 2.24. The van der Waals surface area contributed by atoms with Crippen LogP contribution in [-0.2, 0) is 16.1 Å². The van der Waals surface area contributed by atoms with E-state index in [0.717, 1.165) is 28.9 Å². The van der Waals surface area contributed by atoms with Crippen LogP contribution in [0, 0.1) is 0 Å². The molecular formula is C21H22O3. The molecule has 0 saturated heterocycles. The zero-order valence-electron chi connectivity index (χ0n) is 14.1. The fourth-order valence-corrected chi connectivity index (χ4v) is 3.31. The van der Waals surface area contributed by atoms with E-state index in [-0.39, 0.29) is 11.7 Å². The first kappa shape index (κ1) is 16.5. The lowest BCUT2D eigenvalue weighted by molar-refractivity contribution is -0.115. The molecule has 0 bridgehead atoms. The van der Waals surface area contributed by atoms with Crippen LogP contribution in [0.1, 0.15) is 35.4 Å². The Hall–Kier alpha value is -2.39. The van der Waals surface area contributed by atoms with E-state index in [9.17, 15) is 4.79 Å². The lowest BCUT2D eigenvalue weighted by Crippen LogP contribution is -2.13. The third-order valence-electron chi connectivity index (χ3n) is 4.50. The molecule has 1 atom stereocenters. The number of ketones is 1. The topological polar surface area (TPSA) is 35.5 Å². The van der Waals surface area contributed by atoms with Gasteiger partial charge in [0.05, 0.1) is 13.7 Å². The molecule has 0 aliphatic heterocycles. The molecule has 0 radical (unpaired) electrons. The number of benzene rings is 2. The van der Waals surface area contributed by atoms with Crippen molar-refractivity contribution in [1.29, 1.82) is 0 Å². The highest BCUT2D eigenvalue weighted by Crippen LogP contribution is 2.37. The highest BCUT2D eigenvalue weighted by atomic mass is 16.5. The maximum absolute atomic E-state index is 12.3. The average Bonchev–Trinajstić information content (AvgIpc) is 2.62. The Morgan fingerprint density at radius 3 is 2.46 bits per heavy atom. The van der Waals surface area contributed by atoms with Crippen molar-refractivity contribution in [2.45, 2.75) is 25.4 Å². The summed E-state index contributed by atoms with van der Waals surface area (Å²) in [7, 11) is 3.35. The fourth-order valence-electron chi connectivity index (χ4n) is 3.31. The molecule has 0 heterocycles. The van der Waals surface area contributed by atoms with Gasteiger partial charge in [-0.05, 0) is 52.8 Å². The Balaban J connectivity index is 1.89. The lowest BCUT2D eigenvalue weighted by atomic mass is 9.80. The summed E-state index contributed by atoms with van der Waals surface area (Å²) in [6, 6.07) is 16.2. The van der Waals surface area contributed by atoms with Gasteiger partial charge in [-0.3, -0.25) is 4.79 Å². The van der Waals surface area contributed by atoms with E-state index in [1.807, 2.05) is 24.3 Å². The minimum Gasteiger partial charge on any atom is -0.497 e. The third-order valence-corrected chi connectivity index (χ3v) is 4.50. The van der Waals surface area contributed by atoms with Crippen LogP contribution in [0.5, 0.6) is 5.75 Å². The Morgan fingerprint density at radius 1 is 1.00 bits per heavy atom. The fraction of sp³-hybridized carbons (Fsp3) is 0.286. The van der Waals surface area contributed by atoms with Crippen LogP contribution in [0.4, 0.5) is 0 Å². The van der Waals surface area contributed by atoms with Crippen LogP contribution >= 0.6 is 0 Å². The van der Waals surface area contributed by atoms with Gasteiger partial charge in [-0.15, -0.1) is 0 Å². The van der Waals surface area contributed by atoms with Gasteiger partial charge in [-0.1, -0.05) is 36.4 Å². The van der Waals surface area contributed by atoms with E-state index in [4.69, 9.17) is 9.47 Å². The molecule has 0 aromatic heterocycles. The van der Waals surface area contributed by atoms with Crippen molar-refractivity contribution in [2.24, 2.45) is 0 Å². The third kappa shape index (κ3) is 3.57. The van der Waals surface area contributed by atoms with Crippen molar-refractivity contribution >= 4 is 11.4 Å². The molecule has 3 nitrogen and oxygen atoms in total. The maximum Gasteiger partial charge on any atom is 0.156 e. The summed E-state index contributed by atoms with van der Waals surface area (Å²) in [5.41, 5.74) is 4.51. The summed E-state index contributed by atoms with van der Waals surface area (Å²) >= 11 is 0. The summed E-state index contributed by atoms with van der Waals surface area (Å²) in [6.45, 7) is 0.551. The van der Waals surface area contributed by atoms with Crippen molar-refractivity contribution < 1.29 is 14.3 Å². The molecule has 0 fully saturated rings. The van der Waals surface area contributed by atoms with Crippen LogP contribution in [0.25, 0.3) is 5.57 Å². The van der Waals surface area contributed by atoms with Gasteiger partial charge >= 0.3 is 0 Å². The Labute approximate surface area is 142 Å². The monoisotopic (exact) mass is 322 g/mol. The van der Waals surface area contributed by atoms with Crippen molar-refractivity contribution in [3.63, 3.8) is 0 Å². The summed E-state index contributed by atoms with van der Waals surface area (Å²) in [6.07, 6.45) is 3.22. The zero-order valence-corrected chi connectivity index (χ0v) is 14.1. The second-order valence-electron chi connectivity index (χ2n) is 6.10. The smallest absolute Gasteiger partial charge is 0.156 e. The second kappa shape index (κ2) is 7.45. The number of hydrogen-bond donors (Lipinski definition) is 0. The number of carbonyl (C=O) groups excluding carboxylic acids is 1. The summed E-state index contributed by atoms with van der Waals surface area (Å²) in [5, 5.41) is 0. The molecule has 1 aliphatic carbocycles. The van der Waals surface area contributed by atoms with Gasteiger partial charge in [-0.2, -0.15) is 0 Å². The average molecular weight is 322 g/mol.